The maximum atomic E-state index is 12.3. The van der Waals surface area contributed by atoms with Crippen LogP contribution < -0.4 is 10.1 Å². The van der Waals surface area contributed by atoms with Gasteiger partial charge >= 0.3 is 0 Å². The number of hydrogen-bond donors (Lipinski definition) is 2. The number of aryl methyl sites for hydroxylation is 1. The van der Waals surface area contributed by atoms with Crippen LogP contribution in [0.3, 0.4) is 0 Å². The number of methoxy groups -OCH3 is 1. The first kappa shape index (κ1) is 16.9. The molecule has 2 N–H and O–H groups in total. The predicted octanol–water partition coefficient (Wildman–Crippen LogP) is 1.97. The van der Waals surface area contributed by atoms with E-state index in [4.69, 9.17) is 4.74 Å². The lowest BCUT2D eigenvalue weighted by molar-refractivity contribution is -0.123. The van der Waals surface area contributed by atoms with Crippen molar-refractivity contribution >= 4 is 5.91 Å². The zero-order valence-corrected chi connectivity index (χ0v) is 13.8. The number of hydrogen-bond acceptors (Lipinski definition) is 5. The number of carbonyl (C=O) groups excluding carboxylic acids is 1. The Bertz CT molecular complexity index is 606. The Hall–Kier alpha value is -2.44. The number of ether oxygens (including phenoxy) is 1. The molecular formula is C16H23N5O2. The van der Waals surface area contributed by atoms with E-state index in [-0.39, 0.29) is 5.91 Å². The molecule has 0 atom stereocenters. The molecule has 23 heavy (non-hydrogen) atoms. The maximum absolute atomic E-state index is 12.3. The van der Waals surface area contributed by atoms with E-state index < -0.39 is 5.54 Å². The second kappa shape index (κ2) is 7.71. The maximum Gasteiger partial charge on any atom is 0.221 e. The molecular weight excluding hydrogens is 294 g/mol. The van der Waals surface area contributed by atoms with Crippen LogP contribution in [0.2, 0.25) is 0 Å². The van der Waals surface area contributed by atoms with Crippen LogP contribution in [0.4, 0.5) is 0 Å². The van der Waals surface area contributed by atoms with Crippen molar-refractivity contribution in [1.82, 2.24) is 25.9 Å². The molecule has 0 aliphatic carbocycles. The van der Waals surface area contributed by atoms with Crippen LogP contribution in [-0.2, 0) is 16.8 Å². The third kappa shape index (κ3) is 4.06. The topological polar surface area (TPSA) is 92.8 Å². The van der Waals surface area contributed by atoms with Gasteiger partial charge in [-0.1, -0.05) is 31.2 Å². The Labute approximate surface area is 135 Å². The number of aromatic amines is 1. The Morgan fingerprint density at radius 1 is 1.26 bits per heavy atom. The normalized spacial score (nSPS) is 11.3. The van der Waals surface area contributed by atoms with Gasteiger partial charge in [-0.2, -0.15) is 5.21 Å². The van der Waals surface area contributed by atoms with Gasteiger partial charge in [-0.25, -0.2) is 0 Å². The summed E-state index contributed by atoms with van der Waals surface area (Å²) >= 11 is 0. The van der Waals surface area contributed by atoms with Gasteiger partial charge in [0.25, 0.3) is 0 Å². The number of amides is 1. The molecule has 7 nitrogen and oxygen atoms in total. The summed E-state index contributed by atoms with van der Waals surface area (Å²) in [7, 11) is 1.63. The highest BCUT2D eigenvalue weighted by Crippen LogP contribution is 2.25. The van der Waals surface area contributed by atoms with Crippen LogP contribution in [0.5, 0.6) is 5.75 Å². The summed E-state index contributed by atoms with van der Waals surface area (Å²) in [5, 5.41) is 17.2. The zero-order chi connectivity index (χ0) is 16.7. The largest absolute Gasteiger partial charge is 0.497 e. The van der Waals surface area contributed by atoms with Gasteiger partial charge in [0.2, 0.25) is 5.91 Å². The summed E-state index contributed by atoms with van der Waals surface area (Å²) in [4.78, 5) is 12.3. The molecule has 2 aromatic rings. The van der Waals surface area contributed by atoms with Gasteiger partial charge in [0, 0.05) is 6.42 Å². The van der Waals surface area contributed by atoms with Gasteiger partial charge in [-0.3, -0.25) is 4.79 Å². The first-order valence-electron chi connectivity index (χ1n) is 7.81. The molecule has 0 radical (unpaired) electrons. The van der Waals surface area contributed by atoms with Crippen molar-refractivity contribution in [1.29, 1.82) is 0 Å². The van der Waals surface area contributed by atoms with Crippen molar-refractivity contribution in [2.75, 3.05) is 7.11 Å². The number of aromatic nitrogens is 4. The molecule has 1 heterocycles. The number of H-pyrrole nitrogens is 1. The molecule has 0 spiro atoms. The fourth-order valence-corrected chi connectivity index (χ4v) is 2.54. The first-order valence-corrected chi connectivity index (χ1v) is 7.81. The predicted molar refractivity (Wildman–Crippen MR) is 85.9 cm³/mol. The minimum absolute atomic E-state index is 0.0191. The smallest absolute Gasteiger partial charge is 0.221 e. The highest BCUT2D eigenvalue weighted by atomic mass is 16.5. The quantitative estimate of drug-likeness (QED) is 0.776. The molecule has 0 fully saturated rings. The summed E-state index contributed by atoms with van der Waals surface area (Å²) < 4.78 is 5.13. The van der Waals surface area contributed by atoms with E-state index in [9.17, 15) is 4.79 Å². The van der Waals surface area contributed by atoms with Crippen molar-refractivity contribution in [2.45, 2.75) is 45.1 Å². The molecule has 0 aliphatic heterocycles. The third-order valence-electron chi connectivity index (χ3n) is 4.16. The average molecular weight is 317 g/mol. The van der Waals surface area contributed by atoms with Crippen molar-refractivity contribution < 1.29 is 9.53 Å². The summed E-state index contributed by atoms with van der Waals surface area (Å²) in [6.07, 6.45) is 2.49. The Kier molecular flexibility index (Phi) is 5.67. The lowest BCUT2D eigenvalue weighted by Gasteiger charge is -2.29. The van der Waals surface area contributed by atoms with E-state index in [2.05, 4.69) is 25.9 Å². The lowest BCUT2D eigenvalue weighted by Crippen LogP contribution is -2.46. The minimum atomic E-state index is -0.565. The molecule has 1 aromatic heterocycles. The Balaban J connectivity index is 1.96. The molecule has 0 aliphatic rings. The van der Waals surface area contributed by atoms with Crippen molar-refractivity contribution in [3.05, 3.63) is 35.7 Å². The molecule has 0 saturated carbocycles. The number of benzene rings is 1. The minimum Gasteiger partial charge on any atom is -0.497 e. The number of nitrogens with one attached hydrogen (secondary N) is 2. The fourth-order valence-electron chi connectivity index (χ4n) is 2.54. The van der Waals surface area contributed by atoms with Crippen LogP contribution in [0.1, 0.15) is 44.5 Å². The van der Waals surface area contributed by atoms with E-state index in [1.54, 1.807) is 7.11 Å². The van der Waals surface area contributed by atoms with Crippen molar-refractivity contribution in [3.63, 3.8) is 0 Å². The molecule has 124 valence electrons. The highest BCUT2D eigenvalue weighted by Gasteiger charge is 2.34. The second-order valence-electron chi connectivity index (χ2n) is 5.42. The number of nitrogens with zero attached hydrogens (tertiary/aromatic N) is 3. The van der Waals surface area contributed by atoms with Gasteiger partial charge in [0.05, 0.1) is 7.11 Å². The van der Waals surface area contributed by atoms with Gasteiger partial charge < -0.3 is 10.1 Å². The Morgan fingerprint density at radius 2 is 1.96 bits per heavy atom. The van der Waals surface area contributed by atoms with E-state index >= 15 is 0 Å². The molecule has 1 amide bonds. The highest BCUT2D eigenvalue weighted by molar-refractivity contribution is 5.77. The van der Waals surface area contributed by atoms with Crippen LogP contribution in [-0.4, -0.2) is 33.6 Å². The van der Waals surface area contributed by atoms with Gasteiger partial charge in [-0.05, 0) is 37.0 Å². The van der Waals surface area contributed by atoms with Crippen molar-refractivity contribution in [2.24, 2.45) is 0 Å². The van der Waals surface area contributed by atoms with Crippen LogP contribution in [0.15, 0.2) is 24.3 Å². The first-order chi connectivity index (χ1) is 11.1. The summed E-state index contributed by atoms with van der Waals surface area (Å²) in [6.45, 7) is 4.01. The van der Waals surface area contributed by atoms with Gasteiger partial charge in [0.15, 0.2) is 5.82 Å². The van der Waals surface area contributed by atoms with Crippen LogP contribution in [0.25, 0.3) is 0 Å². The zero-order valence-electron chi connectivity index (χ0n) is 13.8. The summed E-state index contributed by atoms with van der Waals surface area (Å²) in [6, 6.07) is 7.74. The molecule has 2 rings (SSSR count). The summed E-state index contributed by atoms with van der Waals surface area (Å²) in [5.74, 6) is 1.32. The van der Waals surface area contributed by atoms with Crippen LogP contribution >= 0.6 is 0 Å². The van der Waals surface area contributed by atoms with Crippen LogP contribution in [0, 0.1) is 0 Å². The molecule has 0 saturated heterocycles. The fraction of sp³-hybridized carbons (Fsp3) is 0.500. The standard InChI is InChI=1S/C16H23N5O2/c1-4-16(5-2,15-18-20-21-19-15)17-14(22)11-8-12-6-9-13(23-3)10-7-12/h6-7,9-10H,4-5,8,11H2,1-3H3,(H,17,22)(H,18,19,20,21). The number of tetrazole rings is 1. The van der Waals surface area contributed by atoms with Crippen molar-refractivity contribution in [3.8, 4) is 5.75 Å². The SMILES string of the molecule is CCC(CC)(NC(=O)CCc1ccc(OC)cc1)c1nn[nH]n1. The third-order valence-corrected chi connectivity index (χ3v) is 4.16. The van der Waals surface area contributed by atoms with E-state index in [1.165, 1.54) is 0 Å². The molecule has 7 heteroatoms. The molecule has 1 aromatic carbocycles. The Morgan fingerprint density at radius 3 is 2.48 bits per heavy atom. The van der Waals surface area contributed by atoms with E-state index in [0.29, 0.717) is 31.5 Å². The van der Waals surface area contributed by atoms with E-state index in [1.807, 2.05) is 38.1 Å². The monoisotopic (exact) mass is 317 g/mol. The average Bonchev–Trinajstić information content (AvgIpc) is 3.13. The second-order valence-corrected chi connectivity index (χ2v) is 5.42. The molecule has 0 unspecified atom stereocenters. The lowest BCUT2D eigenvalue weighted by atomic mass is 9.91. The van der Waals surface area contributed by atoms with E-state index in [0.717, 1.165) is 11.3 Å². The summed E-state index contributed by atoms with van der Waals surface area (Å²) in [5.41, 5.74) is 0.531. The number of carbonyl (C=O) groups is 1. The van der Waals surface area contributed by atoms with Gasteiger partial charge in [0.1, 0.15) is 11.3 Å². The molecule has 0 bridgehead atoms. The van der Waals surface area contributed by atoms with Gasteiger partial charge in [-0.15, -0.1) is 10.2 Å². The number of rotatable bonds is 8.